The van der Waals surface area contributed by atoms with E-state index in [1.54, 1.807) is 22.9 Å². The van der Waals surface area contributed by atoms with Crippen molar-refractivity contribution in [3.63, 3.8) is 0 Å². The third-order valence-electron chi connectivity index (χ3n) is 7.42. The van der Waals surface area contributed by atoms with Crippen molar-refractivity contribution >= 4 is 28.3 Å². The van der Waals surface area contributed by atoms with E-state index in [9.17, 15) is 10.1 Å². The molecule has 0 unspecified atom stereocenters. The molecule has 3 atom stereocenters. The second kappa shape index (κ2) is 8.83. The molecule has 7 heteroatoms. The lowest BCUT2D eigenvalue weighted by molar-refractivity contribution is 0.341. The number of hydrogen-bond donors (Lipinski definition) is 0. The van der Waals surface area contributed by atoms with Gasteiger partial charge in [-0.25, -0.2) is 9.97 Å². The molecule has 1 aliphatic carbocycles. The highest BCUT2D eigenvalue weighted by Gasteiger charge is 2.46. The largest absolute Gasteiger partial charge is 0.342 e. The predicted molar refractivity (Wildman–Crippen MR) is 137 cm³/mol. The van der Waals surface area contributed by atoms with Gasteiger partial charge in [0.05, 0.1) is 33.2 Å². The van der Waals surface area contributed by atoms with E-state index >= 15 is 0 Å². The summed E-state index contributed by atoms with van der Waals surface area (Å²) in [6.07, 6.45) is 7.10. The Kier molecular flexibility index (Phi) is 5.50. The first-order chi connectivity index (χ1) is 17.2. The number of benzene rings is 2. The number of anilines is 1. The van der Waals surface area contributed by atoms with Crippen LogP contribution in [0.25, 0.3) is 16.6 Å². The molecule has 0 radical (unpaired) electrons. The number of fused-ring (bicyclic) bond motifs is 2. The maximum absolute atomic E-state index is 14.0. The zero-order valence-corrected chi connectivity index (χ0v) is 19.9. The van der Waals surface area contributed by atoms with Crippen LogP contribution in [0.2, 0.25) is 5.02 Å². The van der Waals surface area contributed by atoms with Gasteiger partial charge in [0, 0.05) is 12.2 Å². The van der Waals surface area contributed by atoms with Gasteiger partial charge in [-0.15, -0.1) is 0 Å². The average molecular weight is 482 g/mol. The van der Waals surface area contributed by atoms with Crippen molar-refractivity contribution in [3.05, 3.63) is 93.6 Å². The molecule has 1 saturated heterocycles. The summed E-state index contributed by atoms with van der Waals surface area (Å²) in [6.45, 7) is 0. The molecular formula is C28H24ClN5O. The van der Waals surface area contributed by atoms with Crippen molar-refractivity contribution < 1.29 is 0 Å². The minimum absolute atomic E-state index is 0.182. The van der Waals surface area contributed by atoms with Crippen molar-refractivity contribution in [2.24, 2.45) is 5.92 Å². The van der Waals surface area contributed by atoms with Crippen LogP contribution >= 0.6 is 11.6 Å². The molecule has 2 aliphatic rings. The number of rotatable bonds is 3. The molecular weight excluding hydrogens is 458 g/mol. The zero-order valence-electron chi connectivity index (χ0n) is 19.1. The fraction of sp³-hybridized carbons (Fsp3) is 0.286. The number of aromatic nitrogens is 3. The van der Waals surface area contributed by atoms with Crippen molar-refractivity contribution in [2.75, 3.05) is 4.90 Å². The lowest BCUT2D eigenvalue weighted by Gasteiger charge is -2.35. The normalized spacial score (nSPS) is 21.6. The fourth-order valence-corrected chi connectivity index (χ4v) is 6.19. The number of nitriles is 1. The molecule has 0 N–H and O–H groups in total. The SMILES string of the molecule is N#Cc1cccnc1N1[C@H](c2nc3cccc(Cl)c3c(=O)n2-c2ccccc2)C[C@@H]2CCCC[C@@H]21. The zero-order chi connectivity index (χ0) is 23.9. The third kappa shape index (κ3) is 3.59. The van der Waals surface area contributed by atoms with Crippen LogP contribution in [0.15, 0.2) is 71.7 Å². The Bertz CT molecular complexity index is 1510. The van der Waals surface area contributed by atoms with Crippen molar-refractivity contribution in [1.29, 1.82) is 5.26 Å². The van der Waals surface area contributed by atoms with E-state index < -0.39 is 0 Å². The second-order valence-corrected chi connectivity index (χ2v) is 9.74. The van der Waals surface area contributed by atoms with Gasteiger partial charge >= 0.3 is 0 Å². The average Bonchev–Trinajstić information content (AvgIpc) is 3.28. The molecule has 2 fully saturated rings. The van der Waals surface area contributed by atoms with Crippen LogP contribution in [-0.2, 0) is 0 Å². The van der Waals surface area contributed by atoms with Gasteiger partial charge in [0.2, 0.25) is 0 Å². The monoisotopic (exact) mass is 481 g/mol. The van der Waals surface area contributed by atoms with Crippen LogP contribution in [0.3, 0.4) is 0 Å². The van der Waals surface area contributed by atoms with E-state index in [4.69, 9.17) is 16.6 Å². The topological polar surface area (TPSA) is 74.8 Å². The maximum Gasteiger partial charge on any atom is 0.267 e. The van der Waals surface area contributed by atoms with Crippen molar-refractivity contribution in [2.45, 2.75) is 44.2 Å². The summed E-state index contributed by atoms with van der Waals surface area (Å²) in [5, 5.41) is 10.7. The van der Waals surface area contributed by atoms with Gasteiger partial charge in [0.1, 0.15) is 17.7 Å². The molecule has 35 heavy (non-hydrogen) atoms. The van der Waals surface area contributed by atoms with Gasteiger partial charge in [-0.05, 0) is 61.6 Å². The number of halogens is 1. The number of hydrogen-bond acceptors (Lipinski definition) is 5. The Balaban J connectivity index is 1.64. The molecule has 6 nitrogen and oxygen atoms in total. The van der Waals surface area contributed by atoms with Gasteiger partial charge < -0.3 is 4.90 Å². The summed E-state index contributed by atoms with van der Waals surface area (Å²) in [6, 6.07) is 21.0. The summed E-state index contributed by atoms with van der Waals surface area (Å²) in [5.74, 6) is 1.80. The number of para-hydroxylation sites is 1. The smallest absolute Gasteiger partial charge is 0.267 e. The van der Waals surface area contributed by atoms with Crippen molar-refractivity contribution in [3.8, 4) is 11.8 Å². The first-order valence-corrected chi connectivity index (χ1v) is 12.4. The first kappa shape index (κ1) is 21.8. The second-order valence-electron chi connectivity index (χ2n) is 9.34. The summed E-state index contributed by atoms with van der Waals surface area (Å²) in [7, 11) is 0. The predicted octanol–water partition coefficient (Wildman–Crippen LogP) is 5.82. The summed E-state index contributed by atoms with van der Waals surface area (Å²) in [5.41, 5.74) is 1.69. The minimum atomic E-state index is -0.193. The maximum atomic E-state index is 14.0. The molecule has 2 aromatic heterocycles. The molecule has 4 aromatic rings. The van der Waals surface area contributed by atoms with Gasteiger partial charge in [-0.2, -0.15) is 5.26 Å². The fourth-order valence-electron chi connectivity index (χ4n) is 5.94. The molecule has 0 amide bonds. The van der Waals surface area contributed by atoms with Crippen LogP contribution < -0.4 is 10.5 Å². The summed E-state index contributed by atoms with van der Waals surface area (Å²) >= 11 is 6.49. The summed E-state index contributed by atoms with van der Waals surface area (Å²) in [4.78, 5) is 26.0. The van der Waals surface area contributed by atoms with E-state index in [0.717, 1.165) is 31.4 Å². The first-order valence-electron chi connectivity index (χ1n) is 12.1. The molecule has 174 valence electrons. The molecule has 3 heterocycles. The molecule has 1 saturated carbocycles. The minimum Gasteiger partial charge on any atom is -0.342 e. The highest BCUT2D eigenvalue weighted by Crippen LogP contribution is 2.48. The quantitative estimate of drug-likeness (QED) is 0.368. The molecule has 0 bridgehead atoms. The van der Waals surface area contributed by atoms with Gasteiger partial charge in [0.25, 0.3) is 5.56 Å². The molecule has 2 aromatic carbocycles. The van der Waals surface area contributed by atoms with Crippen LogP contribution in [0.1, 0.15) is 49.5 Å². The lowest BCUT2D eigenvalue weighted by atomic mass is 9.84. The third-order valence-corrected chi connectivity index (χ3v) is 7.74. The highest BCUT2D eigenvalue weighted by atomic mass is 35.5. The number of nitrogens with zero attached hydrogens (tertiary/aromatic N) is 5. The Hall–Kier alpha value is -3.69. The van der Waals surface area contributed by atoms with Crippen LogP contribution in [0, 0.1) is 17.2 Å². The van der Waals surface area contributed by atoms with Crippen LogP contribution in [0.5, 0.6) is 0 Å². The van der Waals surface area contributed by atoms with Gasteiger partial charge in [-0.1, -0.05) is 48.7 Å². The Labute approximate surface area is 208 Å². The van der Waals surface area contributed by atoms with Crippen molar-refractivity contribution in [1.82, 2.24) is 14.5 Å². The van der Waals surface area contributed by atoms with E-state index in [-0.39, 0.29) is 17.6 Å². The van der Waals surface area contributed by atoms with E-state index in [1.165, 1.54) is 6.42 Å². The van der Waals surface area contributed by atoms with Crippen LogP contribution in [0.4, 0.5) is 5.82 Å². The molecule has 1 aliphatic heterocycles. The van der Waals surface area contributed by atoms with Gasteiger partial charge in [-0.3, -0.25) is 9.36 Å². The number of pyridine rings is 1. The standard InChI is InChI=1S/C28H24ClN5O/c29-21-12-6-13-22-25(21)28(35)33(20-10-2-1-3-11-20)27(32-22)24-16-18-8-4-5-14-23(18)34(24)26-19(17-30)9-7-15-31-26/h1-3,6-7,9-13,15,18,23-24H,4-5,8,14,16H2/t18-,23-,24-/m0/s1. The Morgan fingerprint density at radius 1 is 1.00 bits per heavy atom. The van der Waals surface area contributed by atoms with Gasteiger partial charge in [0.15, 0.2) is 0 Å². The van der Waals surface area contributed by atoms with E-state index in [1.807, 2.05) is 48.5 Å². The summed E-state index contributed by atoms with van der Waals surface area (Å²) < 4.78 is 1.71. The lowest BCUT2D eigenvalue weighted by Crippen LogP contribution is -2.39. The van der Waals surface area contributed by atoms with E-state index in [0.29, 0.717) is 39.0 Å². The van der Waals surface area contributed by atoms with E-state index in [2.05, 4.69) is 16.0 Å². The molecule has 6 rings (SSSR count). The highest BCUT2D eigenvalue weighted by molar-refractivity contribution is 6.35. The Morgan fingerprint density at radius 3 is 2.66 bits per heavy atom. The Morgan fingerprint density at radius 2 is 1.83 bits per heavy atom. The van der Waals surface area contributed by atoms with Crippen LogP contribution in [-0.4, -0.2) is 20.6 Å². The molecule has 0 spiro atoms.